The molecule has 0 bridgehead atoms. The van der Waals surface area contributed by atoms with E-state index in [4.69, 9.17) is 4.74 Å². The molecule has 1 heterocycles. The van der Waals surface area contributed by atoms with E-state index < -0.39 is 17.3 Å². The molecule has 0 aromatic heterocycles. The van der Waals surface area contributed by atoms with Gasteiger partial charge in [-0.3, -0.25) is 0 Å². The number of piperidine rings is 1. The first kappa shape index (κ1) is 17.2. The quantitative estimate of drug-likeness (QED) is 0.710. The second-order valence-corrected chi connectivity index (χ2v) is 6.67. The number of nitrogens with one attached hydrogen (secondary N) is 1. The number of amides is 1. The average Bonchev–Trinajstić information content (AvgIpc) is 2.26. The van der Waals surface area contributed by atoms with Gasteiger partial charge in [-0.15, -0.1) is 0 Å². The zero-order valence-electron chi connectivity index (χ0n) is 13.0. The van der Waals surface area contributed by atoms with Crippen LogP contribution in [0.15, 0.2) is 0 Å². The van der Waals surface area contributed by atoms with Crippen molar-refractivity contribution in [1.29, 1.82) is 0 Å². The maximum Gasteiger partial charge on any atom is 0.410 e. The van der Waals surface area contributed by atoms with Gasteiger partial charge in [0.2, 0.25) is 0 Å². The maximum absolute atomic E-state index is 11.9. The number of hydrogen-bond acceptors (Lipinski definition) is 5. The Morgan fingerprint density at radius 2 is 1.95 bits per heavy atom. The molecule has 6 nitrogen and oxygen atoms in total. The lowest BCUT2D eigenvalue weighted by Crippen LogP contribution is -2.52. The first-order chi connectivity index (χ1) is 9.11. The van der Waals surface area contributed by atoms with Crippen LogP contribution in [0.3, 0.4) is 0 Å². The number of carbonyl (C=O) groups excluding carboxylic acids is 1. The lowest BCUT2D eigenvalue weighted by Gasteiger charge is -2.38. The van der Waals surface area contributed by atoms with Gasteiger partial charge in [0.1, 0.15) is 5.60 Å². The zero-order valence-corrected chi connectivity index (χ0v) is 13.0. The van der Waals surface area contributed by atoms with Gasteiger partial charge in [0.05, 0.1) is 11.7 Å². The molecule has 118 valence electrons. The minimum Gasteiger partial charge on any atom is -0.444 e. The van der Waals surface area contributed by atoms with Gasteiger partial charge in [0.15, 0.2) is 0 Å². The summed E-state index contributed by atoms with van der Waals surface area (Å²) in [7, 11) is 0. The second kappa shape index (κ2) is 6.74. The first-order valence-corrected chi connectivity index (χ1v) is 7.20. The third kappa shape index (κ3) is 6.07. The summed E-state index contributed by atoms with van der Waals surface area (Å²) < 4.78 is 5.31. The van der Waals surface area contributed by atoms with Gasteiger partial charge in [-0.05, 0) is 40.5 Å². The van der Waals surface area contributed by atoms with Gasteiger partial charge in [0.25, 0.3) is 0 Å². The highest BCUT2D eigenvalue weighted by atomic mass is 16.6. The molecule has 0 aromatic carbocycles. The molecule has 1 amide bonds. The van der Waals surface area contributed by atoms with E-state index in [2.05, 4.69) is 5.32 Å². The van der Waals surface area contributed by atoms with Crippen LogP contribution in [0.2, 0.25) is 0 Å². The monoisotopic (exact) mass is 288 g/mol. The normalized spacial score (nSPS) is 20.6. The number of hydrogen-bond donors (Lipinski definition) is 3. The third-order valence-corrected chi connectivity index (χ3v) is 3.24. The van der Waals surface area contributed by atoms with Crippen LogP contribution in [0.1, 0.15) is 40.5 Å². The summed E-state index contributed by atoms with van der Waals surface area (Å²) in [4.78, 5) is 13.5. The summed E-state index contributed by atoms with van der Waals surface area (Å²) >= 11 is 0. The van der Waals surface area contributed by atoms with Crippen molar-refractivity contribution >= 4 is 6.09 Å². The fourth-order valence-corrected chi connectivity index (χ4v) is 2.12. The first-order valence-electron chi connectivity index (χ1n) is 7.20. The number of rotatable bonds is 4. The fraction of sp³-hybridized carbons (Fsp3) is 0.929. The highest BCUT2D eigenvalue weighted by Gasteiger charge is 2.35. The summed E-state index contributed by atoms with van der Waals surface area (Å²) in [6.45, 7) is 9.07. The van der Waals surface area contributed by atoms with E-state index in [-0.39, 0.29) is 6.09 Å². The Hall–Kier alpha value is -0.850. The van der Waals surface area contributed by atoms with Crippen molar-refractivity contribution < 1.29 is 19.7 Å². The van der Waals surface area contributed by atoms with Crippen molar-refractivity contribution in [2.45, 2.75) is 57.8 Å². The molecule has 1 aliphatic rings. The summed E-state index contributed by atoms with van der Waals surface area (Å²) in [5, 5.41) is 22.6. The minimum absolute atomic E-state index is 0.323. The van der Waals surface area contributed by atoms with Crippen molar-refractivity contribution in [3.8, 4) is 0 Å². The molecule has 6 heteroatoms. The molecule has 0 aromatic rings. The van der Waals surface area contributed by atoms with Gasteiger partial charge in [0, 0.05) is 26.2 Å². The highest BCUT2D eigenvalue weighted by molar-refractivity contribution is 5.68. The summed E-state index contributed by atoms with van der Waals surface area (Å²) in [6.07, 6.45) is 0.273. The number of likely N-dealkylation sites (tertiary alicyclic amines) is 1. The highest BCUT2D eigenvalue weighted by Crippen LogP contribution is 2.23. The van der Waals surface area contributed by atoms with Gasteiger partial charge in [-0.1, -0.05) is 0 Å². The Morgan fingerprint density at radius 1 is 1.40 bits per heavy atom. The van der Waals surface area contributed by atoms with Crippen LogP contribution in [0.5, 0.6) is 0 Å². The third-order valence-electron chi connectivity index (χ3n) is 3.24. The number of carbonyl (C=O) groups is 1. The van der Waals surface area contributed by atoms with Gasteiger partial charge >= 0.3 is 6.09 Å². The molecule has 1 atom stereocenters. The van der Waals surface area contributed by atoms with Crippen LogP contribution in [-0.2, 0) is 4.74 Å². The Balaban J connectivity index is 2.36. The van der Waals surface area contributed by atoms with E-state index in [0.29, 0.717) is 39.0 Å². The predicted molar refractivity (Wildman–Crippen MR) is 76.5 cm³/mol. The second-order valence-electron chi connectivity index (χ2n) is 6.67. The molecule has 1 aliphatic heterocycles. The molecule has 0 aliphatic carbocycles. The number of ether oxygens (including phenoxy) is 1. The Labute approximate surface area is 121 Å². The Morgan fingerprint density at radius 3 is 2.40 bits per heavy atom. The Kier molecular flexibility index (Phi) is 5.79. The van der Waals surface area contributed by atoms with Crippen LogP contribution in [0.4, 0.5) is 4.79 Å². The predicted octanol–water partition coefficient (Wildman–Crippen LogP) is 0.719. The number of nitrogens with zero attached hydrogens (tertiary/aromatic N) is 1. The lowest BCUT2D eigenvalue weighted by molar-refractivity contribution is -0.0316. The lowest BCUT2D eigenvalue weighted by atomic mass is 9.91. The topological polar surface area (TPSA) is 82.0 Å². The Bertz CT molecular complexity index is 318. The number of aliphatic hydroxyl groups excluding tert-OH is 1. The number of aliphatic hydroxyl groups is 2. The van der Waals surface area contributed by atoms with E-state index in [1.807, 2.05) is 20.8 Å². The van der Waals surface area contributed by atoms with Gasteiger partial charge < -0.3 is 25.2 Å². The van der Waals surface area contributed by atoms with Gasteiger partial charge in [-0.25, -0.2) is 4.79 Å². The van der Waals surface area contributed by atoms with E-state index in [1.165, 1.54) is 0 Å². The van der Waals surface area contributed by atoms with Crippen molar-refractivity contribution in [2.24, 2.45) is 0 Å². The standard InChI is InChI=1S/C14H28N2O4/c1-11(17)9-15-10-14(19)5-7-16(8-6-14)12(18)20-13(2,3)4/h11,15,17,19H,5-10H2,1-4H3. The van der Waals surface area contributed by atoms with Crippen molar-refractivity contribution in [1.82, 2.24) is 10.2 Å². The summed E-state index contributed by atoms with van der Waals surface area (Å²) in [5.74, 6) is 0. The van der Waals surface area contributed by atoms with Crippen LogP contribution in [-0.4, -0.2) is 64.7 Å². The molecule has 1 saturated heterocycles. The molecule has 0 radical (unpaired) electrons. The summed E-state index contributed by atoms with van der Waals surface area (Å²) in [6, 6.07) is 0. The molecule has 0 saturated carbocycles. The molecule has 0 spiro atoms. The fourth-order valence-electron chi connectivity index (χ4n) is 2.12. The van der Waals surface area contributed by atoms with Crippen molar-refractivity contribution in [3.05, 3.63) is 0 Å². The average molecular weight is 288 g/mol. The maximum atomic E-state index is 11.9. The van der Waals surface area contributed by atoms with Crippen LogP contribution in [0, 0.1) is 0 Å². The van der Waals surface area contributed by atoms with E-state index in [0.717, 1.165) is 0 Å². The zero-order chi connectivity index (χ0) is 15.4. The van der Waals surface area contributed by atoms with Crippen LogP contribution < -0.4 is 5.32 Å². The molecular weight excluding hydrogens is 260 g/mol. The van der Waals surface area contributed by atoms with Crippen molar-refractivity contribution in [2.75, 3.05) is 26.2 Å². The van der Waals surface area contributed by atoms with E-state index in [1.54, 1.807) is 11.8 Å². The van der Waals surface area contributed by atoms with E-state index in [9.17, 15) is 15.0 Å². The largest absolute Gasteiger partial charge is 0.444 e. The SMILES string of the molecule is CC(O)CNCC1(O)CCN(C(=O)OC(C)(C)C)CC1. The van der Waals surface area contributed by atoms with Crippen molar-refractivity contribution in [3.63, 3.8) is 0 Å². The van der Waals surface area contributed by atoms with E-state index >= 15 is 0 Å². The molecule has 1 rings (SSSR count). The minimum atomic E-state index is -0.812. The summed E-state index contributed by atoms with van der Waals surface area (Å²) in [5.41, 5.74) is -1.31. The molecule has 3 N–H and O–H groups in total. The molecule has 1 fully saturated rings. The van der Waals surface area contributed by atoms with Crippen LogP contribution in [0.25, 0.3) is 0 Å². The molecule has 20 heavy (non-hydrogen) atoms. The van der Waals surface area contributed by atoms with Crippen LogP contribution >= 0.6 is 0 Å². The van der Waals surface area contributed by atoms with Gasteiger partial charge in [-0.2, -0.15) is 0 Å². The smallest absolute Gasteiger partial charge is 0.410 e. The molecule has 1 unspecified atom stereocenters. The molecular formula is C14H28N2O4.